The first-order valence-corrected chi connectivity index (χ1v) is 10.3. The van der Waals surface area contributed by atoms with Gasteiger partial charge < -0.3 is 19.7 Å². The number of morpholine rings is 1. The molecule has 2 aliphatic rings. The predicted molar refractivity (Wildman–Crippen MR) is 107 cm³/mol. The molecule has 29 heavy (non-hydrogen) atoms. The van der Waals surface area contributed by atoms with Gasteiger partial charge in [0, 0.05) is 12.1 Å². The normalized spacial score (nSPS) is 27.6. The van der Waals surface area contributed by atoms with Gasteiger partial charge >= 0.3 is 5.97 Å². The van der Waals surface area contributed by atoms with E-state index < -0.39 is 12.1 Å². The maximum atomic E-state index is 13.1. The SMILES string of the molecule is COC(=O)C1CCC(NC(=O)[C@H]2OCC(=O)N(C(C)C)[C@@H]2c2ccccc2)CC1. The van der Waals surface area contributed by atoms with E-state index >= 15 is 0 Å². The van der Waals surface area contributed by atoms with Crippen molar-refractivity contribution in [3.63, 3.8) is 0 Å². The monoisotopic (exact) mass is 402 g/mol. The number of hydrogen-bond acceptors (Lipinski definition) is 5. The van der Waals surface area contributed by atoms with Crippen molar-refractivity contribution in [3.05, 3.63) is 35.9 Å². The molecule has 0 aromatic heterocycles. The summed E-state index contributed by atoms with van der Waals surface area (Å²) in [4.78, 5) is 39.1. The third kappa shape index (κ3) is 4.78. The Morgan fingerprint density at radius 3 is 2.38 bits per heavy atom. The van der Waals surface area contributed by atoms with Gasteiger partial charge in [0.05, 0.1) is 19.1 Å². The minimum atomic E-state index is -0.768. The summed E-state index contributed by atoms with van der Waals surface area (Å²) in [7, 11) is 1.40. The molecule has 2 atom stereocenters. The van der Waals surface area contributed by atoms with E-state index in [1.807, 2.05) is 44.2 Å². The standard InChI is InChI=1S/C22H30N2O5/c1-14(2)24-18(25)13-29-20(19(24)15-7-5-4-6-8-15)21(26)23-17-11-9-16(10-12-17)22(27)28-3/h4-8,14,16-17,19-20H,9-13H2,1-3H3,(H,23,26)/t16?,17?,19-,20+/m1/s1. The van der Waals surface area contributed by atoms with Gasteiger partial charge in [-0.05, 0) is 45.1 Å². The van der Waals surface area contributed by atoms with Gasteiger partial charge in [-0.2, -0.15) is 0 Å². The van der Waals surface area contributed by atoms with Gasteiger partial charge in [0.1, 0.15) is 6.61 Å². The Kier molecular flexibility index (Phi) is 6.90. The van der Waals surface area contributed by atoms with Crippen molar-refractivity contribution in [3.8, 4) is 0 Å². The summed E-state index contributed by atoms with van der Waals surface area (Å²) in [6, 6.07) is 9.02. The Hall–Kier alpha value is -2.41. The molecule has 1 aromatic carbocycles. The molecule has 2 fully saturated rings. The van der Waals surface area contributed by atoms with Gasteiger partial charge in [0.15, 0.2) is 6.10 Å². The number of hydrogen-bond donors (Lipinski definition) is 1. The molecule has 3 rings (SSSR count). The van der Waals surface area contributed by atoms with Crippen molar-refractivity contribution in [1.29, 1.82) is 0 Å². The molecule has 1 heterocycles. The highest BCUT2D eigenvalue weighted by Gasteiger charge is 2.43. The van der Waals surface area contributed by atoms with Crippen molar-refractivity contribution < 1.29 is 23.9 Å². The van der Waals surface area contributed by atoms with Gasteiger partial charge in [-0.25, -0.2) is 0 Å². The highest BCUT2D eigenvalue weighted by atomic mass is 16.5. The van der Waals surface area contributed by atoms with E-state index in [4.69, 9.17) is 9.47 Å². The summed E-state index contributed by atoms with van der Waals surface area (Å²) < 4.78 is 10.6. The second kappa shape index (κ2) is 9.39. The average molecular weight is 402 g/mol. The Labute approximate surface area is 171 Å². The second-order valence-corrected chi connectivity index (χ2v) is 8.06. The molecule has 1 saturated heterocycles. The number of esters is 1. The predicted octanol–water partition coefficient (Wildman–Crippen LogP) is 2.21. The molecule has 0 radical (unpaired) electrons. The van der Waals surface area contributed by atoms with Gasteiger partial charge in [0.2, 0.25) is 5.91 Å². The molecule has 0 spiro atoms. The fraction of sp³-hybridized carbons (Fsp3) is 0.591. The van der Waals surface area contributed by atoms with Crippen molar-refractivity contribution in [2.24, 2.45) is 5.92 Å². The number of carbonyl (C=O) groups excluding carboxylic acids is 3. The van der Waals surface area contributed by atoms with Crippen molar-refractivity contribution >= 4 is 17.8 Å². The number of amides is 2. The Balaban J connectivity index is 1.72. The highest BCUT2D eigenvalue weighted by molar-refractivity contribution is 5.86. The second-order valence-electron chi connectivity index (χ2n) is 8.06. The summed E-state index contributed by atoms with van der Waals surface area (Å²) in [5, 5.41) is 3.09. The third-order valence-corrected chi connectivity index (χ3v) is 5.82. The zero-order chi connectivity index (χ0) is 21.0. The van der Waals surface area contributed by atoms with Crippen LogP contribution in [0.15, 0.2) is 30.3 Å². The first-order valence-electron chi connectivity index (χ1n) is 10.3. The number of benzene rings is 1. The molecule has 7 nitrogen and oxygen atoms in total. The van der Waals surface area contributed by atoms with Crippen LogP contribution >= 0.6 is 0 Å². The van der Waals surface area contributed by atoms with Gasteiger partial charge in [0.25, 0.3) is 5.91 Å². The molecule has 158 valence electrons. The summed E-state index contributed by atoms with van der Waals surface area (Å²) >= 11 is 0. The number of rotatable bonds is 5. The van der Waals surface area contributed by atoms with E-state index in [0.29, 0.717) is 12.8 Å². The van der Waals surface area contributed by atoms with Gasteiger partial charge in [-0.15, -0.1) is 0 Å². The molecule has 0 unspecified atom stereocenters. The molecule has 7 heteroatoms. The van der Waals surface area contributed by atoms with Crippen LogP contribution in [0.1, 0.15) is 51.1 Å². The lowest BCUT2D eigenvalue weighted by Crippen LogP contribution is -2.57. The first kappa shape index (κ1) is 21.3. The lowest BCUT2D eigenvalue weighted by Gasteiger charge is -2.43. The molecule has 1 aliphatic heterocycles. The van der Waals surface area contributed by atoms with Crippen LogP contribution in [0.3, 0.4) is 0 Å². The van der Waals surface area contributed by atoms with E-state index in [9.17, 15) is 14.4 Å². The lowest BCUT2D eigenvalue weighted by atomic mass is 9.86. The van der Waals surface area contributed by atoms with Crippen LogP contribution < -0.4 is 5.32 Å². The van der Waals surface area contributed by atoms with Crippen LogP contribution in [-0.2, 0) is 23.9 Å². The van der Waals surface area contributed by atoms with E-state index in [-0.39, 0.29) is 42.4 Å². The summed E-state index contributed by atoms with van der Waals surface area (Å²) in [6.07, 6.45) is 2.07. The minimum absolute atomic E-state index is 0.00597. The van der Waals surface area contributed by atoms with Crippen molar-refractivity contribution in [2.45, 2.75) is 63.8 Å². The fourth-order valence-corrected chi connectivity index (χ4v) is 4.37. The maximum absolute atomic E-state index is 13.1. The largest absolute Gasteiger partial charge is 0.469 e. The lowest BCUT2D eigenvalue weighted by molar-refractivity contribution is -0.167. The molecule has 1 aromatic rings. The molecule has 1 N–H and O–H groups in total. The average Bonchev–Trinajstić information content (AvgIpc) is 2.73. The molecule has 2 amide bonds. The molecule has 1 aliphatic carbocycles. The topological polar surface area (TPSA) is 84.9 Å². The number of ether oxygens (including phenoxy) is 2. The maximum Gasteiger partial charge on any atom is 0.308 e. The zero-order valence-electron chi connectivity index (χ0n) is 17.3. The van der Waals surface area contributed by atoms with Crippen LogP contribution in [0, 0.1) is 5.92 Å². The van der Waals surface area contributed by atoms with Crippen LogP contribution in [0.5, 0.6) is 0 Å². The summed E-state index contributed by atoms with van der Waals surface area (Å²) in [5.41, 5.74) is 0.879. The molecule has 1 saturated carbocycles. The van der Waals surface area contributed by atoms with Gasteiger partial charge in [-0.3, -0.25) is 14.4 Å². The first-order chi connectivity index (χ1) is 13.9. The van der Waals surface area contributed by atoms with E-state index in [1.54, 1.807) is 4.90 Å². The van der Waals surface area contributed by atoms with Crippen molar-refractivity contribution in [1.82, 2.24) is 10.2 Å². The number of carbonyl (C=O) groups is 3. The molecular weight excluding hydrogens is 372 g/mol. The Morgan fingerprint density at radius 2 is 1.79 bits per heavy atom. The Bertz CT molecular complexity index is 728. The number of nitrogens with one attached hydrogen (secondary N) is 1. The van der Waals surface area contributed by atoms with E-state index in [2.05, 4.69) is 5.32 Å². The van der Waals surface area contributed by atoms with E-state index in [1.165, 1.54) is 7.11 Å². The van der Waals surface area contributed by atoms with E-state index in [0.717, 1.165) is 18.4 Å². The number of methoxy groups -OCH3 is 1. The third-order valence-electron chi connectivity index (χ3n) is 5.82. The van der Waals surface area contributed by atoms with Crippen LogP contribution in [-0.4, -0.2) is 54.6 Å². The van der Waals surface area contributed by atoms with Gasteiger partial charge in [-0.1, -0.05) is 30.3 Å². The quantitative estimate of drug-likeness (QED) is 0.764. The highest BCUT2D eigenvalue weighted by Crippen LogP contribution is 2.33. The Morgan fingerprint density at radius 1 is 1.14 bits per heavy atom. The fourth-order valence-electron chi connectivity index (χ4n) is 4.37. The van der Waals surface area contributed by atoms with Crippen LogP contribution in [0.2, 0.25) is 0 Å². The minimum Gasteiger partial charge on any atom is -0.469 e. The molecule has 0 bridgehead atoms. The zero-order valence-corrected chi connectivity index (χ0v) is 17.3. The van der Waals surface area contributed by atoms with Crippen LogP contribution in [0.25, 0.3) is 0 Å². The molecular formula is C22H30N2O5. The number of nitrogens with zero attached hydrogens (tertiary/aromatic N) is 1. The van der Waals surface area contributed by atoms with Crippen molar-refractivity contribution in [2.75, 3.05) is 13.7 Å². The smallest absolute Gasteiger partial charge is 0.308 e. The summed E-state index contributed by atoms with van der Waals surface area (Å²) in [5.74, 6) is -0.596. The van der Waals surface area contributed by atoms with Crippen LogP contribution in [0.4, 0.5) is 0 Å². The summed E-state index contributed by atoms with van der Waals surface area (Å²) in [6.45, 7) is 3.79.